The third-order valence-corrected chi connectivity index (χ3v) is 2.82. The monoisotopic (exact) mass is 282 g/mol. The van der Waals surface area contributed by atoms with Gasteiger partial charge in [-0.1, -0.05) is 42.0 Å². The maximum absolute atomic E-state index is 12.0. The number of aryl methyl sites for hydroxylation is 1. The van der Waals surface area contributed by atoms with Crippen LogP contribution in [0.15, 0.2) is 48.5 Å². The fourth-order valence-corrected chi connectivity index (χ4v) is 1.79. The molecule has 1 N–H and O–H groups in total. The average molecular weight is 282 g/mol. The van der Waals surface area contributed by atoms with E-state index in [0.717, 1.165) is 5.56 Å². The number of benzene rings is 2. The zero-order valence-electron chi connectivity index (χ0n) is 10.7. The summed E-state index contributed by atoms with van der Waals surface area (Å²) in [6, 6.07) is 12.5. The first-order valence-corrected chi connectivity index (χ1v) is 5.95. The lowest BCUT2D eigenvalue weighted by Gasteiger charge is -2.13. The Morgan fingerprint density at radius 1 is 0.900 bits per heavy atom. The summed E-state index contributed by atoms with van der Waals surface area (Å²) in [5.74, 6) is -0.308. The van der Waals surface area contributed by atoms with E-state index in [1.165, 1.54) is 24.3 Å². The Bertz CT molecular complexity index is 559. The van der Waals surface area contributed by atoms with Gasteiger partial charge in [-0.3, -0.25) is 0 Å². The highest BCUT2D eigenvalue weighted by Crippen LogP contribution is 2.27. The van der Waals surface area contributed by atoms with Crippen molar-refractivity contribution in [1.82, 2.24) is 0 Å². The van der Waals surface area contributed by atoms with Gasteiger partial charge in [-0.2, -0.15) is 0 Å². The van der Waals surface area contributed by atoms with E-state index in [-0.39, 0.29) is 5.75 Å². The number of alkyl halides is 3. The molecule has 0 bridgehead atoms. The molecule has 0 saturated heterocycles. The average Bonchev–Trinajstić information content (AvgIpc) is 2.38. The highest BCUT2D eigenvalue weighted by atomic mass is 19.4. The van der Waals surface area contributed by atoms with Gasteiger partial charge in [-0.05, 0) is 30.2 Å². The molecule has 0 amide bonds. The van der Waals surface area contributed by atoms with Gasteiger partial charge in [0.2, 0.25) is 0 Å². The fraction of sp³-hybridized carbons (Fsp3) is 0.200. The van der Waals surface area contributed by atoms with Crippen molar-refractivity contribution in [3.8, 4) is 5.75 Å². The number of aliphatic hydroxyl groups is 1. The molecule has 2 nitrogen and oxygen atoms in total. The summed E-state index contributed by atoms with van der Waals surface area (Å²) in [6.07, 6.45) is -5.59. The van der Waals surface area contributed by atoms with Crippen LogP contribution < -0.4 is 4.74 Å². The second-order valence-electron chi connectivity index (χ2n) is 4.43. The SMILES string of the molecule is Cc1ccc(C(O)c2ccc(OC(F)(F)F)cc2)cc1. The van der Waals surface area contributed by atoms with Crippen molar-refractivity contribution in [2.75, 3.05) is 0 Å². The molecule has 0 spiro atoms. The summed E-state index contributed by atoms with van der Waals surface area (Å²) in [4.78, 5) is 0. The van der Waals surface area contributed by atoms with Crippen LogP contribution in [0, 0.1) is 6.92 Å². The van der Waals surface area contributed by atoms with Crippen molar-refractivity contribution in [2.45, 2.75) is 19.4 Å². The predicted octanol–water partition coefficient (Wildman–Crippen LogP) is 3.98. The zero-order chi connectivity index (χ0) is 14.8. The first kappa shape index (κ1) is 14.4. The second kappa shape index (κ2) is 5.54. The number of rotatable bonds is 3. The molecule has 1 unspecified atom stereocenters. The molecule has 2 aromatic carbocycles. The number of aliphatic hydroxyl groups excluding tert-OH is 1. The Morgan fingerprint density at radius 2 is 1.35 bits per heavy atom. The number of hydrogen-bond donors (Lipinski definition) is 1. The first-order valence-electron chi connectivity index (χ1n) is 5.95. The molecule has 0 aliphatic carbocycles. The summed E-state index contributed by atoms with van der Waals surface area (Å²) in [5, 5.41) is 10.1. The van der Waals surface area contributed by atoms with Crippen molar-refractivity contribution in [1.29, 1.82) is 0 Å². The fourth-order valence-electron chi connectivity index (χ4n) is 1.79. The van der Waals surface area contributed by atoms with Gasteiger partial charge in [0.1, 0.15) is 11.9 Å². The normalized spacial score (nSPS) is 13.1. The molecule has 106 valence electrons. The van der Waals surface area contributed by atoms with Crippen molar-refractivity contribution in [3.05, 3.63) is 65.2 Å². The molecule has 0 heterocycles. The molecule has 0 aliphatic heterocycles. The lowest BCUT2D eigenvalue weighted by atomic mass is 10.0. The van der Waals surface area contributed by atoms with Gasteiger partial charge in [0.15, 0.2) is 0 Å². The molecule has 0 aromatic heterocycles. The molecule has 0 saturated carbocycles. The molecule has 20 heavy (non-hydrogen) atoms. The molecule has 0 fully saturated rings. The molecule has 2 aromatic rings. The smallest absolute Gasteiger partial charge is 0.406 e. The van der Waals surface area contributed by atoms with Crippen LogP contribution in [0.25, 0.3) is 0 Å². The van der Waals surface area contributed by atoms with E-state index in [4.69, 9.17) is 0 Å². The van der Waals surface area contributed by atoms with Crippen LogP contribution in [-0.2, 0) is 0 Å². The summed E-state index contributed by atoms with van der Waals surface area (Å²) < 4.78 is 39.9. The van der Waals surface area contributed by atoms with Gasteiger partial charge < -0.3 is 9.84 Å². The molecular weight excluding hydrogens is 269 g/mol. The standard InChI is InChI=1S/C15H13F3O2/c1-10-2-4-11(5-3-10)14(19)12-6-8-13(9-7-12)20-15(16,17)18/h2-9,14,19H,1H3. The van der Waals surface area contributed by atoms with Gasteiger partial charge in [0, 0.05) is 0 Å². The lowest BCUT2D eigenvalue weighted by molar-refractivity contribution is -0.274. The van der Waals surface area contributed by atoms with Gasteiger partial charge >= 0.3 is 6.36 Å². The van der Waals surface area contributed by atoms with Crippen LogP contribution in [0.1, 0.15) is 22.8 Å². The van der Waals surface area contributed by atoms with Crippen molar-refractivity contribution < 1.29 is 23.0 Å². The van der Waals surface area contributed by atoms with Crippen LogP contribution >= 0.6 is 0 Å². The third kappa shape index (κ3) is 3.74. The summed E-state index contributed by atoms with van der Waals surface area (Å²) >= 11 is 0. The molecule has 1 atom stereocenters. The first-order chi connectivity index (χ1) is 9.35. The van der Waals surface area contributed by atoms with Crippen LogP contribution in [0.5, 0.6) is 5.75 Å². The van der Waals surface area contributed by atoms with Crippen molar-refractivity contribution >= 4 is 0 Å². The molecular formula is C15H13F3O2. The van der Waals surface area contributed by atoms with Crippen LogP contribution in [0.4, 0.5) is 13.2 Å². The van der Waals surface area contributed by atoms with E-state index < -0.39 is 12.5 Å². The number of ether oxygens (including phenoxy) is 1. The van der Waals surface area contributed by atoms with E-state index in [2.05, 4.69) is 4.74 Å². The maximum Gasteiger partial charge on any atom is 0.573 e. The summed E-state index contributed by atoms with van der Waals surface area (Å²) in [7, 11) is 0. The Kier molecular flexibility index (Phi) is 3.99. The predicted molar refractivity (Wildman–Crippen MR) is 68.4 cm³/mol. The highest BCUT2D eigenvalue weighted by Gasteiger charge is 2.31. The topological polar surface area (TPSA) is 29.5 Å². The largest absolute Gasteiger partial charge is 0.573 e. The minimum atomic E-state index is -4.71. The van der Waals surface area contributed by atoms with Crippen LogP contribution in [0.3, 0.4) is 0 Å². The van der Waals surface area contributed by atoms with Crippen molar-refractivity contribution in [3.63, 3.8) is 0 Å². The minimum absolute atomic E-state index is 0.308. The van der Waals surface area contributed by atoms with E-state index in [9.17, 15) is 18.3 Å². The third-order valence-electron chi connectivity index (χ3n) is 2.82. The van der Waals surface area contributed by atoms with Gasteiger partial charge in [0.25, 0.3) is 0 Å². The minimum Gasteiger partial charge on any atom is -0.406 e. The quantitative estimate of drug-likeness (QED) is 0.922. The summed E-state index contributed by atoms with van der Waals surface area (Å²) in [6.45, 7) is 1.93. The Hall–Kier alpha value is -2.01. The Balaban J connectivity index is 2.15. The highest BCUT2D eigenvalue weighted by molar-refractivity contribution is 5.35. The zero-order valence-corrected chi connectivity index (χ0v) is 10.7. The molecule has 2 rings (SSSR count). The molecule has 5 heteroatoms. The van der Waals surface area contributed by atoms with Gasteiger partial charge in [0.05, 0.1) is 0 Å². The van der Waals surface area contributed by atoms with Crippen molar-refractivity contribution in [2.24, 2.45) is 0 Å². The second-order valence-corrected chi connectivity index (χ2v) is 4.43. The Labute approximate surface area is 114 Å². The number of hydrogen-bond acceptors (Lipinski definition) is 2. The molecule has 0 radical (unpaired) electrons. The van der Waals surface area contributed by atoms with Gasteiger partial charge in [-0.25, -0.2) is 0 Å². The maximum atomic E-state index is 12.0. The summed E-state index contributed by atoms with van der Waals surface area (Å²) in [5.41, 5.74) is 2.25. The van der Waals surface area contributed by atoms with E-state index in [1.807, 2.05) is 19.1 Å². The van der Waals surface area contributed by atoms with Crippen LogP contribution in [0.2, 0.25) is 0 Å². The van der Waals surface area contributed by atoms with Crippen LogP contribution in [-0.4, -0.2) is 11.5 Å². The van der Waals surface area contributed by atoms with E-state index in [0.29, 0.717) is 11.1 Å². The lowest BCUT2D eigenvalue weighted by Crippen LogP contribution is -2.17. The Morgan fingerprint density at radius 3 is 1.80 bits per heavy atom. The molecule has 0 aliphatic rings. The van der Waals surface area contributed by atoms with E-state index >= 15 is 0 Å². The van der Waals surface area contributed by atoms with Gasteiger partial charge in [-0.15, -0.1) is 13.2 Å². The number of halogens is 3. The van der Waals surface area contributed by atoms with E-state index in [1.54, 1.807) is 12.1 Å².